The highest BCUT2D eigenvalue weighted by Gasteiger charge is 2.17. The molecule has 1 aromatic carbocycles. The van der Waals surface area contributed by atoms with Crippen molar-refractivity contribution in [1.29, 1.82) is 0 Å². The van der Waals surface area contributed by atoms with E-state index < -0.39 is 35.0 Å². The number of halogens is 3. The molecular weight excluding hydrogens is 285 g/mol. The molecule has 0 spiro atoms. The zero-order chi connectivity index (χ0) is 15.6. The third-order valence-electron chi connectivity index (χ3n) is 2.89. The van der Waals surface area contributed by atoms with Gasteiger partial charge in [-0.1, -0.05) is 0 Å². The Labute approximate surface area is 118 Å². The topological polar surface area (TPSA) is 62.2 Å². The highest BCUT2D eigenvalue weighted by atomic mass is 19.1. The van der Waals surface area contributed by atoms with E-state index in [4.69, 9.17) is 5.11 Å². The third-order valence-corrected chi connectivity index (χ3v) is 2.89. The number of nitrogens with zero attached hydrogens (tertiary/aromatic N) is 1. The van der Waals surface area contributed by atoms with E-state index in [-0.39, 0.29) is 5.69 Å². The predicted molar refractivity (Wildman–Crippen MR) is 69.6 cm³/mol. The first kappa shape index (κ1) is 14.8. The van der Waals surface area contributed by atoms with Crippen LogP contribution in [0, 0.1) is 17.5 Å². The zero-order valence-electron chi connectivity index (χ0n) is 10.9. The van der Waals surface area contributed by atoms with Gasteiger partial charge in [0, 0.05) is 12.3 Å². The summed E-state index contributed by atoms with van der Waals surface area (Å²) in [5.74, 6) is -4.15. The molecule has 1 unspecified atom stereocenters. The number of hydrogen-bond acceptors (Lipinski definition) is 3. The van der Waals surface area contributed by atoms with Crippen molar-refractivity contribution in [3.63, 3.8) is 0 Å². The molecule has 2 aromatic rings. The Kier molecular flexibility index (Phi) is 4.11. The van der Waals surface area contributed by atoms with Gasteiger partial charge in [0.2, 0.25) is 0 Å². The summed E-state index contributed by atoms with van der Waals surface area (Å²) in [6.07, 6.45) is 2.41. The van der Waals surface area contributed by atoms with E-state index in [1.165, 1.54) is 12.3 Å². The second-order valence-corrected chi connectivity index (χ2v) is 4.42. The molecule has 0 saturated heterocycles. The van der Waals surface area contributed by atoms with E-state index in [1.807, 2.05) is 0 Å². The van der Waals surface area contributed by atoms with Crippen molar-refractivity contribution in [1.82, 2.24) is 4.98 Å². The summed E-state index contributed by atoms with van der Waals surface area (Å²) >= 11 is 0. The molecule has 0 bridgehead atoms. The summed E-state index contributed by atoms with van der Waals surface area (Å²) in [6.45, 7) is 1.61. The van der Waals surface area contributed by atoms with Crippen molar-refractivity contribution in [2.45, 2.75) is 13.0 Å². The molecule has 21 heavy (non-hydrogen) atoms. The average molecular weight is 296 g/mol. The molecule has 2 N–H and O–H groups in total. The van der Waals surface area contributed by atoms with Crippen LogP contribution in [0.2, 0.25) is 0 Å². The van der Waals surface area contributed by atoms with Crippen LogP contribution in [0.4, 0.5) is 18.9 Å². The number of hydrogen-bond donors (Lipinski definition) is 2. The minimum atomic E-state index is -1.50. The summed E-state index contributed by atoms with van der Waals surface area (Å²) in [5, 5.41) is 11.5. The predicted octanol–water partition coefficient (Wildman–Crippen LogP) is 3.37. The molecule has 1 heterocycles. The number of carbonyl (C=O) groups is 1. The maximum atomic E-state index is 13.7. The maximum Gasteiger partial charge on any atom is 0.338 e. The molecule has 2 rings (SSSR count). The zero-order valence-corrected chi connectivity index (χ0v) is 10.9. The molecular formula is C14H11F3N2O2. The molecule has 110 valence electrons. The molecule has 0 radical (unpaired) electrons. The van der Waals surface area contributed by atoms with Crippen molar-refractivity contribution in [3.8, 4) is 0 Å². The molecule has 4 nitrogen and oxygen atoms in total. The number of anilines is 1. The largest absolute Gasteiger partial charge is 0.478 e. The van der Waals surface area contributed by atoms with E-state index in [0.29, 0.717) is 11.6 Å². The first-order valence-electron chi connectivity index (χ1n) is 5.98. The van der Waals surface area contributed by atoms with E-state index in [9.17, 15) is 18.0 Å². The van der Waals surface area contributed by atoms with E-state index >= 15 is 0 Å². The van der Waals surface area contributed by atoms with Crippen molar-refractivity contribution in [2.24, 2.45) is 0 Å². The lowest BCUT2D eigenvalue weighted by Crippen LogP contribution is -2.11. The quantitative estimate of drug-likeness (QED) is 0.908. The molecule has 0 fully saturated rings. The van der Waals surface area contributed by atoms with Crippen LogP contribution in [0.1, 0.15) is 28.9 Å². The van der Waals surface area contributed by atoms with Gasteiger partial charge in [0.1, 0.15) is 17.5 Å². The number of benzene rings is 1. The molecule has 1 atom stereocenters. The lowest BCUT2D eigenvalue weighted by atomic mass is 10.1. The van der Waals surface area contributed by atoms with Crippen LogP contribution >= 0.6 is 0 Å². The van der Waals surface area contributed by atoms with E-state index in [0.717, 1.165) is 12.3 Å². The Hall–Kier alpha value is -2.57. The Bertz CT molecular complexity index is 692. The first-order valence-corrected chi connectivity index (χ1v) is 5.98. The van der Waals surface area contributed by atoms with Crippen LogP contribution in [0.3, 0.4) is 0 Å². The number of pyridine rings is 1. The second-order valence-electron chi connectivity index (χ2n) is 4.42. The SMILES string of the molecule is CC(Nc1cc(C(=O)O)c(F)cc1F)c1cncc(F)c1. The number of carboxylic acid groups (broad SMARTS) is 1. The van der Waals surface area contributed by atoms with Gasteiger partial charge in [-0.3, -0.25) is 4.98 Å². The van der Waals surface area contributed by atoms with E-state index in [2.05, 4.69) is 10.3 Å². The normalized spacial score (nSPS) is 12.0. The summed E-state index contributed by atoms with van der Waals surface area (Å²) in [6, 6.07) is 2.01. The number of aromatic carboxylic acids is 1. The van der Waals surface area contributed by atoms with Crippen molar-refractivity contribution in [3.05, 3.63) is 59.2 Å². The number of nitrogens with one attached hydrogen (secondary N) is 1. The van der Waals surface area contributed by atoms with Crippen molar-refractivity contribution >= 4 is 11.7 Å². The standard InChI is InChI=1S/C14H11F3N2O2/c1-7(8-2-9(15)6-18-5-8)19-13-3-10(14(20)21)11(16)4-12(13)17/h2-7,19H,1H3,(H,20,21). The summed E-state index contributed by atoms with van der Waals surface area (Å²) in [5.41, 5.74) is -0.398. The van der Waals surface area contributed by atoms with Gasteiger partial charge in [-0.2, -0.15) is 0 Å². The second kappa shape index (κ2) is 5.82. The Morgan fingerprint density at radius 3 is 2.52 bits per heavy atom. The fourth-order valence-corrected chi connectivity index (χ4v) is 1.81. The number of rotatable bonds is 4. The highest BCUT2D eigenvalue weighted by molar-refractivity contribution is 5.89. The van der Waals surface area contributed by atoms with E-state index in [1.54, 1.807) is 6.92 Å². The monoisotopic (exact) mass is 296 g/mol. The molecule has 0 aliphatic carbocycles. The molecule has 0 aliphatic heterocycles. The lowest BCUT2D eigenvalue weighted by molar-refractivity contribution is 0.0692. The van der Waals surface area contributed by atoms with Gasteiger partial charge >= 0.3 is 5.97 Å². The number of aromatic nitrogens is 1. The minimum absolute atomic E-state index is 0.189. The van der Waals surface area contributed by atoms with Gasteiger partial charge < -0.3 is 10.4 Å². The lowest BCUT2D eigenvalue weighted by Gasteiger charge is -2.16. The van der Waals surface area contributed by atoms with Gasteiger partial charge in [0.25, 0.3) is 0 Å². The fourth-order valence-electron chi connectivity index (χ4n) is 1.81. The average Bonchev–Trinajstić information content (AvgIpc) is 2.41. The smallest absolute Gasteiger partial charge is 0.338 e. The van der Waals surface area contributed by atoms with Crippen molar-refractivity contribution in [2.75, 3.05) is 5.32 Å². The van der Waals surface area contributed by atoms with Crippen LogP contribution in [0.25, 0.3) is 0 Å². The summed E-state index contributed by atoms with van der Waals surface area (Å²) in [4.78, 5) is 14.5. The third kappa shape index (κ3) is 3.31. The van der Waals surface area contributed by atoms with Crippen LogP contribution in [-0.2, 0) is 0 Å². The van der Waals surface area contributed by atoms with Crippen LogP contribution in [-0.4, -0.2) is 16.1 Å². The number of carboxylic acids is 1. The minimum Gasteiger partial charge on any atom is -0.478 e. The molecule has 0 aliphatic rings. The highest BCUT2D eigenvalue weighted by Crippen LogP contribution is 2.24. The van der Waals surface area contributed by atoms with Crippen LogP contribution in [0.5, 0.6) is 0 Å². The Morgan fingerprint density at radius 1 is 1.19 bits per heavy atom. The maximum absolute atomic E-state index is 13.7. The molecule has 7 heteroatoms. The van der Waals surface area contributed by atoms with Gasteiger partial charge in [-0.15, -0.1) is 0 Å². The van der Waals surface area contributed by atoms with Gasteiger partial charge in [0.05, 0.1) is 23.5 Å². The molecule has 0 amide bonds. The molecule has 0 saturated carbocycles. The first-order chi connectivity index (χ1) is 9.88. The Morgan fingerprint density at radius 2 is 1.90 bits per heavy atom. The van der Waals surface area contributed by atoms with Crippen LogP contribution < -0.4 is 5.32 Å². The summed E-state index contributed by atoms with van der Waals surface area (Å²) < 4.78 is 40.0. The van der Waals surface area contributed by atoms with Crippen LogP contribution in [0.15, 0.2) is 30.6 Å². The van der Waals surface area contributed by atoms with Gasteiger partial charge in [-0.05, 0) is 24.6 Å². The van der Waals surface area contributed by atoms with Gasteiger partial charge in [0.15, 0.2) is 0 Å². The fraction of sp³-hybridized carbons (Fsp3) is 0.143. The van der Waals surface area contributed by atoms with Crippen molar-refractivity contribution < 1.29 is 23.1 Å². The summed E-state index contributed by atoms with van der Waals surface area (Å²) in [7, 11) is 0. The van der Waals surface area contributed by atoms with Gasteiger partial charge in [-0.25, -0.2) is 18.0 Å². The molecule has 1 aromatic heterocycles. The Balaban J connectivity index is 2.31.